The summed E-state index contributed by atoms with van der Waals surface area (Å²) in [6.45, 7) is 3.56. The van der Waals surface area contributed by atoms with Crippen molar-refractivity contribution in [2.24, 2.45) is 0 Å². The van der Waals surface area contributed by atoms with Gasteiger partial charge in [0.15, 0.2) is 0 Å². The first-order chi connectivity index (χ1) is 9.33. The van der Waals surface area contributed by atoms with Gasteiger partial charge in [-0.2, -0.15) is 0 Å². The Kier molecular flexibility index (Phi) is 3.93. The average molecular weight is 257 g/mol. The molecule has 2 unspecified atom stereocenters. The van der Waals surface area contributed by atoms with Gasteiger partial charge in [0.05, 0.1) is 0 Å². The first-order valence-electron chi connectivity index (χ1n) is 8.16. The standard InChI is InChI=1S/C18H27N/c1-2-11-18(12-6-13-19-18)14-16-9-5-8-15-7-3-4-10-17(15)16/h3-4,7,10,16,19H,2,5-6,8-9,11-14H2,1H3. The van der Waals surface area contributed by atoms with Crippen LogP contribution < -0.4 is 5.32 Å². The molecule has 0 spiro atoms. The zero-order valence-electron chi connectivity index (χ0n) is 12.3. The minimum Gasteiger partial charge on any atom is -0.311 e. The normalized spacial score (nSPS) is 30.3. The molecule has 1 heterocycles. The highest BCUT2D eigenvalue weighted by Gasteiger charge is 2.36. The van der Waals surface area contributed by atoms with Gasteiger partial charge < -0.3 is 5.32 Å². The summed E-state index contributed by atoms with van der Waals surface area (Å²) in [4.78, 5) is 0. The minimum atomic E-state index is 0.448. The van der Waals surface area contributed by atoms with Crippen molar-refractivity contribution in [2.45, 2.75) is 69.7 Å². The maximum atomic E-state index is 3.85. The van der Waals surface area contributed by atoms with Gasteiger partial charge in [-0.05, 0) is 68.5 Å². The molecular formula is C18H27N. The molecule has 0 radical (unpaired) electrons. The van der Waals surface area contributed by atoms with Crippen molar-refractivity contribution >= 4 is 0 Å². The van der Waals surface area contributed by atoms with Crippen LogP contribution in [-0.2, 0) is 6.42 Å². The van der Waals surface area contributed by atoms with Crippen LogP contribution in [0.4, 0.5) is 0 Å². The van der Waals surface area contributed by atoms with Crippen molar-refractivity contribution in [1.29, 1.82) is 0 Å². The topological polar surface area (TPSA) is 12.0 Å². The van der Waals surface area contributed by atoms with E-state index in [0.29, 0.717) is 5.54 Å². The van der Waals surface area contributed by atoms with Gasteiger partial charge in [-0.1, -0.05) is 37.6 Å². The molecule has 104 valence electrons. The summed E-state index contributed by atoms with van der Waals surface area (Å²) in [5.74, 6) is 0.794. The lowest BCUT2D eigenvalue weighted by atomic mass is 9.74. The lowest BCUT2D eigenvalue weighted by molar-refractivity contribution is 0.284. The van der Waals surface area contributed by atoms with Crippen molar-refractivity contribution in [3.05, 3.63) is 35.4 Å². The van der Waals surface area contributed by atoms with E-state index in [2.05, 4.69) is 36.5 Å². The van der Waals surface area contributed by atoms with Crippen molar-refractivity contribution in [3.63, 3.8) is 0 Å². The predicted octanol–water partition coefficient (Wildman–Crippen LogP) is 4.42. The Balaban J connectivity index is 1.80. The molecule has 1 nitrogen and oxygen atoms in total. The Hall–Kier alpha value is -0.820. The minimum absolute atomic E-state index is 0.448. The highest BCUT2D eigenvalue weighted by molar-refractivity contribution is 5.33. The summed E-state index contributed by atoms with van der Waals surface area (Å²) in [6.07, 6.45) is 10.8. The highest BCUT2D eigenvalue weighted by atomic mass is 15.0. The van der Waals surface area contributed by atoms with E-state index in [4.69, 9.17) is 0 Å². The average Bonchev–Trinajstić information content (AvgIpc) is 2.88. The van der Waals surface area contributed by atoms with Crippen LogP contribution >= 0.6 is 0 Å². The number of benzene rings is 1. The third-order valence-electron chi connectivity index (χ3n) is 5.19. The van der Waals surface area contributed by atoms with E-state index in [0.717, 1.165) is 5.92 Å². The van der Waals surface area contributed by atoms with Crippen LogP contribution in [-0.4, -0.2) is 12.1 Å². The summed E-state index contributed by atoms with van der Waals surface area (Å²) in [5.41, 5.74) is 3.71. The van der Waals surface area contributed by atoms with Gasteiger partial charge in [0, 0.05) is 5.54 Å². The molecule has 0 bridgehead atoms. The smallest absolute Gasteiger partial charge is 0.0187 e. The molecule has 1 heteroatoms. The lowest BCUT2D eigenvalue weighted by Crippen LogP contribution is -2.41. The maximum Gasteiger partial charge on any atom is 0.0187 e. The van der Waals surface area contributed by atoms with Crippen molar-refractivity contribution < 1.29 is 0 Å². The largest absolute Gasteiger partial charge is 0.311 e. The second-order valence-electron chi connectivity index (χ2n) is 6.55. The molecule has 1 saturated heterocycles. The molecule has 19 heavy (non-hydrogen) atoms. The number of aryl methyl sites for hydroxylation is 1. The summed E-state index contributed by atoms with van der Waals surface area (Å²) >= 11 is 0. The molecule has 0 amide bonds. The van der Waals surface area contributed by atoms with Crippen molar-refractivity contribution in [3.8, 4) is 0 Å². The summed E-state index contributed by atoms with van der Waals surface area (Å²) in [7, 11) is 0. The van der Waals surface area contributed by atoms with Crippen LogP contribution in [0, 0.1) is 0 Å². The lowest BCUT2D eigenvalue weighted by Gasteiger charge is -2.36. The van der Waals surface area contributed by atoms with E-state index in [1.54, 1.807) is 11.1 Å². The van der Waals surface area contributed by atoms with Gasteiger partial charge in [-0.25, -0.2) is 0 Å². The van der Waals surface area contributed by atoms with E-state index in [9.17, 15) is 0 Å². The third-order valence-corrected chi connectivity index (χ3v) is 5.19. The number of nitrogens with one attached hydrogen (secondary N) is 1. The SMILES string of the molecule is CCCC1(CC2CCCc3ccccc32)CCCN1. The molecule has 0 saturated carbocycles. The number of hydrogen-bond donors (Lipinski definition) is 1. The summed E-state index contributed by atoms with van der Waals surface area (Å²) in [5, 5.41) is 3.85. The van der Waals surface area contributed by atoms with Crippen LogP contribution in [0.2, 0.25) is 0 Å². The predicted molar refractivity (Wildman–Crippen MR) is 81.6 cm³/mol. The first-order valence-corrected chi connectivity index (χ1v) is 8.16. The molecule has 1 aliphatic heterocycles. The second-order valence-corrected chi connectivity index (χ2v) is 6.55. The molecule has 2 atom stereocenters. The van der Waals surface area contributed by atoms with Gasteiger partial charge in [-0.3, -0.25) is 0 Å². The van der Waals surface area contributed by atoms with Crippen molar-refractivity contribution in [2.75, 3.05) is 6.54 Å². The van der Waals surface area contributed by atoms with Gasteiger partial charge >= 0.3 is 0 Å². The Morgan fingerprint density at radius 2 is 2.16 bits per heavy atom. The van der Waals surface area contributed by atoms with E-state index in [1.807, 2.05) is 0 Å². The molecule has 1 fully saturated rings. The number of hydrogen-bond acceptors (Lipinski definition) is 1. The number of fused-ring (bicyclic) bond motifs is 1. The Labute approximate surface area is 117 Å². The summed E-state index contributed by atoms with van der Waals surface area (Å²) < 4.78 is 0. The van der Waals surface area contributed by atoms with Crippen molar-refractivity contribution in [1.82, 2.24) is 5.32 Å². The number of rotatable bonds is 4. The first kappa shape index (κ1) is 13.2. The molecule has 1 aliphatic carbocycles. The Bertz CT molecular complexity index is 417. The van der Waals surface area contributed by atoms with Gasteiger partial charge in [0.1, 0.15) is 0 Å². The fraction of sp³-hybridized carbons (Fsp3) is 0.667. The Morgan fingerprint density at radius 3 is 2.95 bits per heavy atom. The molecule has 1 N–H and O–H groups in total. The fourth-order valence-corrected chi connectivity index (χ4v) is 4.38. The van der Waals surface area contributed by atoms with Gasteiger partial charge in [0.25, 0.3) is 0 Å². The maximum absolute atomic E-state index is 3.85. The van der Waals surface area contributed by atoms with Gasteiger partial charge in [0.2, 0.25) is 0 Å². The molecule has 1 aromatic carbocycles. The fourth-order valence-electron chi connectivity index (χ4n) is 4.38. The Morgan fingerprint density at radius 1 is 1.26 bits per heavy atom. The van der Waals surface area contributed by atoms with E-state index < -0.39 is 0 Å². The monoisotopic (exact) mass is 257 g/mol. The van der Waals surface area contributed by atoms with E-state index in [-0.39, 0.29) is 0 Å². The molecule has 1 aromatic rings. The second kappa shape index (κ2) is 5.66. The van der Waals surface area contributed by atoms with Crippen LogP contribution in [0.25, 0.3) is 0 Å². The van der Waals surface area contributed by atoms with Crippen LogP contribution in [0.1, 0.15) is 68.9 Å². The zero-order valence-corrected chi connectivity index (χ0v) is 12.3. The molecule has 3 rings (SSSR count). The van der Waals surface area contributed by atoms with Crippen LogP contribution in [0.15, 0.2) is 24.3 Å². The summed E-state index contributed by atoms with van der Waals surface area (Å²) in [6, 6.07) is 9.16. The quantitative estimate of drug-likeness (QED) is 0.842. The molecule has 0 aromatic heterocycles. The van der Waals surface area contributed by atoms with Gasteiger partial charge in [-0.15, -0.1) is 0 Å². The van der Waals surface area contributed by atoms with Crippen LogP contribution in [0.3, 0.4) is 0 Å². The molecule has 2 aliphatic rings. The third kappa shape index (κ3) is 2.72. The molecular weight excluding hydrogens is 230 g/mol. The highest BCUT2D eigenvalue weighted by Crippen LogP contribution is 2.41. The van der Waals surface area contributed by atoms with E-state index >= 15 is 0 Å². The van der Waals surface area contributed by atoms with E-state index in [1.165, 1.54) is 57.9 Å². The zero-order chi connectivity index (χ0) is 13.1. The van der Waals surface area contributed by atoms with Crippen LogP contribution in [0.5, 0.6) is 0 Å².